The number of aryl methyl sites for hydroxylation is 1. The van der Waals surface area contributed by atoms with Crippen molar-refractivity contribution in [3.63, 3.8) is 0 Å². The Kier molecular flexibility index (Phi) is 9.60. The van der Waals surface area contributed by atoms with Crippen LogP contribution in [-0.4, -0.2) is 13.2 Å². The molecule has 1 aliphatic heterocycles. The highest BCUT2D eigenvalue weighted by molar-refractivity contribution is 5.65. The number of alkyl halides is 2. The molecule has 4 aromatic carbocycles. The molecule has 0 aliphatic carbocycles. The van der Waals surface area contributed by atoms with E-state index >= 15 is 4.39 Å². The molecule has 4 aromatic rings. The summed E-state index contributed by atoms with van der Waals surface area (Å²) in [7, 11) is 0. The molecule has 5 rings (SSSR count). The monoisotopic (exact) mass is 618 g/mol. The summed E-state index contributed by atoms with van der Waals surface area (Å²) in [4.78, 5) is 0. The molecule has 0 N–H and O–H groups in total. The van der Waals surface area contributed by atoms with Crippen LogP contribution in [0.25, 0.3) is 11.1 Å². The smallest absolute Gasteiger partial charge is 0.429 e. The predicted molar refractivity (Wildman–Crippen MR) is 150 cm³/mol. The van der Waals surface area contributed by atoms with Crippen molar-refractivity contribution in [2.45, 2.75) is 50.9 Å². The third-order valence-electron chi connectivity index (χ3n) is 7.47. The molecule has 0 amide bonds. The highest BCUT2D eigenvalue weighted by Gasteiger charge is 2.37. The first-order valence-corrected chi connectivity index (χ1v) is 14.2. The maximum Gasteiger partial charge on any atom is 0.429 e. The zero-order valence-electron chi connectivity index (χ0n) is 23.7. The van der Waals surface area contributed by atoms with Gasteiger partial charge in [-0.05, 0) is 77.6 Å². The van der Waals surface area contributed by atoms with E-state index in [0.717, 1.165) is 43.5 Å². The zero-order chi connectivity index (χ0) is 31.4. The van der Waals surface area contributed by atoms with E-state index in [1.807, 2.05) is 6.92 Å². The Morgan fingerprint density at radius 3 is 2.00 bits per heavy atom. The second-order valence-electron chi connectivity index (χ2n) is 10.6. The standard InChI is InChI=1S/C34H29F7O3/c1-2-3-4-5-20-6-13-27(29(36)14-20)34(40,41)44-25-10-7-21(8-11-25)22-9-12-26(28(35)15-22)24-18-42-33(43-19-24)23-16-30(37)32(39)31(38)17-23/h6-17,24,33H,2-5,18-19H2,1H3. The van der Waals surface area contributed by atoms with Gasteiger partial charge in [-0.1, -0.05) is 50.1 Å². The molecular formula is C34H29F7O3. The molecule has 44 heavy (non-hydrogen) atoms. The highest BCUT2D eigenvalue weighted by atomic mass is 19.3. The molecule has 0 atom stereocenters. The molecule has 1 fully saturated rings. The lowest BCUT2D eigenvalue weighted by atomic mass is 9.96. The summed E-state index contributed by atoms with van der Waals surface area (Å²) in [5.74, 6) is -6.69. The molecule has 0 unspecified atom stereocenters. The fraction of sp³-hybridized carbons (Fsp3) is 0.294. The number of hydrogen-bond acceptors (Lipinski definition) is 3. The summed E-state index contributed by atoms with van der Waals surface area (Å²) in [5, 5.41) is 0. The molecule has 0 radical (unpaired) electrons. The van der Waals surface area contributed by atoms with Crippen LogP contribution in [0.4, 0.5) is 30.7 Å². The molecule has 3 nitrogen and oxygen atoms in total. The second kappa shape index (κ2) is 13.4. The summed E-state index contributed by atoms with van der Waals surface area (Å²) in [5.41, 5.74) is 0.998. The summed E-state index contributed by atoms with van der Waals surface area (Å²) in [6.07, 6.45) is -1.65. The quantitative estimate of drug-likeness (QED) is 0.101. The lowest BCUT2D eigenvalue weighted by Crippen LogP contribution is -2.26. The van der Waals surface area contributed by atoms with Crippen LogP contribution in [0.1, 0.15) is 60.6 Å². The number of hydrogen-bond donors (Lipinski definition) is 0. The van der Waals surface area contributed by atoms with Crippen LogP contribution in [0.2, 0.25) is 0 Å². The Bertz CT molecular complexity index is 1580. The van der Waals surface area contributed by atoms with Gasteiger partial charge in [0.15, 0.2) is 23.7 Å². The van der Waals surface area contributed by atoms with Gasteiger partial charge in [-0.3, -0.25) is 0 Å². The minimum atomic E-state index is -3.91. The van der Waals surface area contributed by atoms with Gasteiger partial charge in [0.05, 0.1) is 18.8 Å². The summed E-state index contributed by atoms with van der Waals surface area (Å²) in [6.45, 7) is 1.99. The molecule has 0 spiro atoms. The zero-order valence-corrected chi connectivity index (χ0v) is 23.7. The molecule has 232 valence electrons. The summed E-state index contributed by atoms with van der Waals surface area (Å²) >= 11 is 0. The van der Waals surface area contributed by atoms with Crippen molar-refractivity contribution in [1.29, 1.82) is 0 Å². The number of rotatable bonds is 10. The van der Waals surface area contributed by atoms with E-state index in [0.29, 0.717) is 23.1 Å². The van der Waals surface area contributed by atoms with Crippen molar-refractivity contribution in [3.8, 4) is 16.9 Å². The Hall–Kier alpha value is -3.89. The van der Waals surface area contributed by atoms with Gasteiger partial charge >= 0.3 is 6.11 Å². The van der Waals surface area contributed by atoms with Crippen molar-refractivity contribution < 1.29 is 44.9 Å². The van der Waals surface area contributed by atoms with Gasteiger partial charge in [0, 0.05) is 11.5 Å². The van der Waals surface area contributed by atoms with Crippen molar-refractivity contribution in [3.05, 3.63) is 124 Å². The van der Waals surface area contributed by atoms with E-state index in [2.05, 4.69) is 0 Å². The topological polar surface area (TPSA) is 27.7 Å². The normalized spacial score (nSPS) is 17.1. The lowest BCUT2D eigenvalue weighted by Gasteiger charge is -2.30. The predicted octanol–water partition coefficient (Wildman–Crippen LogP) is 9.74. The number of ether oxygens (including phenoxy) is 3. The Balaban J connectivity index is 1.22. The van der Waals surface area contributed by atoms with Gasteiger partial charge in [0.1, 0.15) is 17.4 Å². The van der Waals surface area contributed by atoms with Crippen LogP contribution < -0.4 is 4.74 Å². The van der Waals surface area contributed by atoms with Crippen LogP contribution in [0.3, 0.4) is 0 Å². The van der Waals surface area contributed by atoms with Gasteiger partial charge in [-0.25, -0.2) is 22.0 Å². The molecule has 1 heterocycles. The summed E-state index contributed by atoms with van der Waals surface area (Å²) < 4.78 is 116. The minimum Gasteiger partial charge on any atom is -0.429 e. The Morgan fingerprint density at radius 1 is 0.727 bits per heavy atom. The van der Waals surface area contributed by atoms with E-state index in [4.69, 9.17) is 14.2 Å². The van der Waals surface area contributed by atoms with Gasteiger partial charge in [-0.2, -0.15) is 8.78 Å². The molecule has 1 aliphatic rings. The molecule has 10 heteroatoms. The summed E-state index contributed by atoms with van der Waals surface area (Å²) in [6, 6.07) is 15.2. The maximum atomic E-state index is 15.1. The van der Waals surface area contributed by atoms with Crippen LogP contribution >= 0.6 is 0 Å². The fourth-order valence-electron chi connectivity index (χ4n) is 5.07. The van der Waals surface area contributed by atoms with Gasteiger partial charge in [-0.15, -0.1) is 0 Å². The van der Waals surface area contributed by atoms with Crippen LogP contribution in [0.5, 0.6) is 5.75 Å². The molecule has 0 aromatic heterocycles. The van der Waals surface area contributed by atoms with E-state index in [-0.39, 0.29) is 30.1 Å². The first kappa shape index (κ1) is 31.5. The van der Waals surface area contributed by atoms with Crippen molar-refractivity contribution in [2.75, 3.05) is 13.2 Å². The molecule has 0 saturated carbocycles. The van der Waals surface area contributed by atoms with E-state index in [9.17, 15) is 26.3 Å². The van der Waals surface area contributed by atoms with Gasteiger partial charge in [0.2, 0.25) is 0 Å². The average Bonchev–Trinajstić information content (AvgIpc) is 3.00. The van der Waals surface area contributed by atoms with Gasteiger partial charge in [0.25, 0.3) is 0 Å². The van der Waals surface area contributed by atoms with Crippen molar-refractivity contribution in [2.24, 2.45) is 0 Å². The van der Waals surface area contributed by atoms with Crippen LogP contribution in [0.15, 0.2) is 72.8 Å². The first-order chi connectivity index (χ1) is 21.1. The lowest BCUT2D eigenvalue weighted by molar-refractivity contribution is -0.192. The SMILES string of the molecule is CCCCCc1ccc(C(F)(F)Oc2ccc(-c3ccc(C4COC(c5cc(F)c(F)c(F)c5)OC4)c(F)c3)cc2)c(F)c1. The van der Waals surface area contributed by atoms with E-state index in [1.54, 1.807) is 6.07 Å². The van der Waals surface area contributed by atoms with Gasteiger partial charge < -0.3 is 14.2 Å². The molecule has 0 bridgehead atoms. The number of unbranched alkanes of at least 4 members (excludes halogenated alkanes) is 2. The highest BCUT2D eigenvalue weighted by Crippen LogP contribution is 2.36. The van der Waals surface area contributed by atoms with Crippen LogP contribution in [-0.2, 0) is 22.0 Å². The second-order valence-corrected chi connectivity index (χ2v) is 10.6. The molecule has 1 saturated heterocycles. The third kappa shape index (κ3) is 7.08. The molecular weight excluding hydrogens is 589 g/mol. The number of halogens is 7. The largest absolute Gasteiger partial charge is 0.429 e. The van der Waals surface area contributed by atoms with E-state index in [1.165, 1.54) is 42.5 Å². The number of benzene rings is 4. The first-order valence-electron chi connectivity index (χ1n) is 14.2. The fourth-order valence-corrected chi connectivity index (χ4v) is 5.07. The Labute approximate surface area is 250 Å². The third-order valence-corrected chi connectivity index (χ3v) is 7.47. The van der Waals surface area contributed by atoms with Crippen molar-refractivity contribution >= 4 is 0 Å². The minimum absolute atomic E-state index is 0.0238. The van der Waals surface area contributed by atoms with Crippen molar-refractivity contribution in [1.82, 2.24) is 0 Å². The van der Waals surface area contributed by atoms with Crippen LogP contribution in [0, 0.1) is 29.1 Å². The van der Waals surface area contributed by atoms with E-state index < -0.39 is 53.0 Å². The maximum absolute atomic E-state index is 15.1. The Morgan fingerprint density at radius 2 is 1.39 bits per heavy atom. The average molecular weight is 619 g/mol.